The third-order valence-corrected chi connectivity index (χ3v) is 15.0. The van der Waals surface area contributed by atoms with E-state index in [1.165, 1.54) is 212 Å². The first kappa shape index (κ1) is 74.1. The minimum Gasteiger partial charge on any atom is -0.462 e. The lowest BCUT2D eigenvalue weighted by atomic mass is 10.0. The molecule has 1 atom stereocenters. The minimum atomic E-state index is -0.790. The molecular weight excluding hydrogens is 949 g/mol. The summed E-state index contributed by atoms with van der Waals surface area (Å²) in [6.45, 7) is 6.53. The topological polar surface area (TPSA) is 78.9 Å². The van der Waals surface area contributed by atoms with Crippen LogP contribution in [0.5, 0.6) is 0 Å². The van der Waals surface area contributed by atoms with Gasteiger partial charge in [-0.3, -0.25) is 14.4 Å². The summed E-state index contributed by atoms with van der Waals surface area (Å²) in [6, 6.07) is 0. The fraction of sp³-hybridized carbons (Fsp3) is 0.817. The molecule has 0 heterocycles. The van der Waals surface area contributed by atoms with E-state index in [1.54, 1.807) is 0 Å². The summed E-state index contributed by atoms with van der Waals surface area (Å²) in [6.07, 6.45) is 84.0. The molecule has 0 bridgehead atoms. The maximum absolute atomic E-state index is 12.9. The molecule has 0 saturated heterocycles. The zero-order valence-corrected chi connectivity index (χ0v) is 51.5. The number of hydrogen-bond acceptors (Lipinski definition) is 6. The zero-order chi connectivity index (χ0) is 55.7. The van der Waals surface area contributed by atoms with Gasteiger partial charge in [0.25, 0.3) is 0 Å². The van der Waals surface area contributed by atoms with Gasteiger partial charge >= 0.3 is 17.9 Å². The monoisotopic (exact) mass is 1080 g/mol. The standard InChI is InChI=1S/C71H128O6/c1-4-7-10-13-16-19-22-25-27-29-30-31-32-33-34-35-36-37-38-39-40-42-43-46-49-52-55-58-61-64-70(73)76-67-68(66-75-69(72)63-60-57-54-51-48-45-24-21-18-15-12-9-6-3)77-71(74)65-62-59-56-53-50-47-44-41-28-26-23-20-17-14-11-8-5-2/h8,11,17,20-21,24,26,28,44,47,68H,4-7,9-10,12-16,18-19,22-23,25,27,29-43,45-46,48-67H2,1-3H3/b11-8-,20-17-,24-21-,28-26-,47-44-. The van der Waals surface area contributed by atoms with Crippen molar-refractivity contribution in [1.29, 1.82) is 0 Å². The van der Waals surface area contributed by atoms with Crippen molar-refractivity contribution >= 4 is 17.9 Å². The highest BCUT2D eigenvalue weighted by atomic mass is 16.6. The lowest BCUT2D eigenvalue weighted by Gasteiger charge is -2.18. The summed E-state index contributed by atoms with van der Waals surface area (Å²) in [4.78, 5) is 38.3. The van der Waals surface area contributed by atoms with Crippen LogP contribution in [-0.2, 0) is 28.6 Å². The first-order valence-corrected chi connectivity index (χ1v) is 33.8. The molecular formula is C71H128O6. The predicted octanol–water partition coefficient (Wildman–Crippen LogP) is 23.1. The minimum absolute atomic E-state index is 0.0839. The van der Waals surface area contributed by atoms with Crippen molar-refractivity contribution in [1.82, 2.24) is 0 Å². The molecule has 0 aromatic carbocycles. The van der Waals surface area contributed by atoms with E-state index in [9.17, 15) is 14.4 Å². The molecule has 0 aromatic heterocycles. The number of rotatable bonds is 62. The maximum Gasteiger partial charge on any atom is 0.306 e. The van der Waals surface area contributed by atoms with E-state index < -0.39 is 6.10 Å². The van der Waals surface area contributed by atoms with Gasteiger partial charge < -0.3 is 14.2 Å². The Morgan fingerprint density at radius 2 is 0.506 bits per heavy atom. The van der Waals surface area contributed by atoms with Gasteiger partial charge in [0.15, 0.2) is 6.10 Å². The molecule has 0 aliphatic carbocycles. The van der Waals surface area contributed by atoms with Gasteiger partial charge in [-0.05, 0) is 83.5 Å². The lowest BCUT2D eigenvalue weighted by molar-refractivity contribution is -0.167. The van der Waals surface area contributed by atoms with Crippen molar-refractivity contribution in [2.75, 3.05) is 13.2 Å². The highest BCUT2D eigenvalue weighted by Crippen LogP contribution is 2.18. The highest BCUT2D eigenvalue weighted by Gasteiger charge is 2.19. The van der Waals surface area contributed by atoms with Gasteiger partial charge in [-0.15, -0.1) is 0 Å². The Hall–Kier alpha value is -2.89. The van der Waals surface area contributed by atoms with E-state index >= 15 is 0 Å². The zero-order valence-electron chi connectivity index (χ0n) is 51.5. The molecule has 0 N–H and O–H groups in total. The number of allylic oxidation sites excluding steroid dienone is 10. The van der Waals surface area contributed by atoms with Gasteiger partial charge in [0.1, 0.15) is 13.2 Å². The predicted molar refractivity (Wildman–Crippen MR) is 335 cm³/mol. The van der Waals surface area contributed by atoms with Crippen LogP contribution in [0.25, 0.3) is 0 Å². The fourth-order valence-corrected chi connectivity index (χ4v) is 9.96. The summed E-state index contributed by atoms with van der Waals surface area (Å²) in [5, 5.41) is 0. The molecule has 448 valence electrons. The molecule has 0 rings (SSSR count). The second-order valence-corrected chi connectivity index (χ2v) is 22.7. The van der Waals surface area contributed by atoms with Crippen LogP contribution in [0, 0.1) is 0 Å². The number of carbonyl (C=O) groups is 3. The summed E-state index contributed by atoms with van der Waals surface area (Å²) in [5.74, 6) is -0.899. The normalized spacial score (nSPS) is 12.4. The molecule has 0 aliphatic heterocycles. The van der Waals surface area contributed by atoms with Crippen molar-refractivity contribution in [3.05, 3.63) is 60.8 Å². The van der Waals surface area contributed by atoms with Crippen LogP contribution in [-0.4, -0.2) is 37.2 Å². The summed E-state index contributed by atoms with van der Waals surface area (Å²) in [5.41, 5.74) is 0. The Kier molecular flexibility index (Phi) is 63.2. The van der Waals surface area contributed by atoms with Gasteiger partial charge in [-0.25, -0.2) is 0 Å². The van der Waals surface area contributed by atoms with Gasteiger partial charge in [0.05, 0.1) is 0 Å². The van der Waals surface area contributed by atoms with Gasteiger partial charge in [-0.2, -0.15) is 0 Å². The van der Waals surface area contributed by atoms with Crippen LogP contribution < -0.4 is 0 Å². The molecule has 0 fully saturated rings. The smallest absolute Gasteiger partial charge is 0.306 e. The van der Waals surface area contributed by atoms with Crippen LogP contribution in [0.15, 0.2) is 60.8 Å². The summed E-state index contributed by atoms with van der Waals surface area (Å²) >= 11 is 0. The Morgan fingerprint density at radius 3 is 0.818 bits per heavy atom. The first-order valence-electron chi connectivity index (χ1n) is 33.8. The molecule has 0 radical (unpaired) electrons. The van der Waals surface area contributed by atoms with E-state index in [2.05, 4.69) is 81.5 Å². The molecule has 0 saturated carbocycles. The van der Waals surface area contributed by atoms with Crippen LogP contribution in [0.2, 0.25) is 0 Å². The number of unbranched alkanes of at least 4 members (excludes halogenated alkanes) is 41. The molecule has 77 heavy (non-hydrogen) atoms. The van der Waals surface area contributed by atoms with E-state index in [4.69, 9.17) is 14.2 Å². The molecule has 6 heteroatoms. The van der Waals surface area contributed by atoms with Crippen LogP contribution in [0.4, 0.5) is 0 Å². The largest absolute Gasteiger partial charge is 0.462 e. The van der Waals surface area contributed by atoms with Gasteiger partial charge in [-0.1, -0.05) is 313 Å². The molecule has 0 aliphatic rings. The lowest BCUT2D eigenvalue weighted by Crippen LogP contribution is -2.30. The third-order valence-electron chi connectivity index (χ3n) is 15.0. The van der Waals surface area contributed by atoms with Crippen molar-refractivity contribution in [2.24, 2.45) is 0 Å². The van der Waals surface area contributed by atoms with E-state index in [0.29, 0.717) is 19.3 Å². The van der Waals surface area contributed by atoms with Gasteiger partial charge in [0.2, 0.25) is 0 Å². The second-order valence-electron chi connectivity index (χ2n) is 22.7. The maximum atomic E-state index is 12.9. The fourth-order valence-electron chi connectivity index (χ4n) is 9.96. The van der Waals surface area contributed by atoms with Crippen LogP contribution in [0.3, 0.4) is 0 Å². The average Bonchev–Trinajstić information content (AvgIpc) is 3.43. The average molecular weight is 1080 g/mol. The van der Waals surface area contributed by atoms with Crippen molar-refractivity contribution in [3.63, 3.8) is 0 Å². The van der Waals surface area contributed by atoms with Crippen LogP contribution in [0.1, 0.15) is 355 Å². The van der Waals surface area contributed by atoms with Crippen molar-refractivity contribution in [2.45, 2.75) is 361 Å². The molecule has 0 spiro atoms. The Labute approximate surface area is 479 Å². The first-order chi connectivity index (χ1) is 38.0. The highest BCUT2D eigenvalue weighted by molar-refractivity contribution is 5.71. The number of esters is 3. The molecule has 6 nitrogen and oxygen atoms in total. The van der Waals surface area contributed by atoms with E-state index in [1.807, 2.05) is 0 Å². The summed E-state index contributed by atoms with van der Waals surface area (Å²) < 4.78 is 16.9. The molecule has 0 aromatic rings. The Balaban J connectivity index is 4.20. The molecule has 1 unspecified atom stereocenters. The SMILES string of the molecule is CC/C=C\C/C=C\C/C=C\C/C=C\CCCCCCC(=O)OC(COC(=O)CCCCCCC/C=C\CCCCCC)COC(=O)CCCCCCCCCCCCCCCCCCCCCCCCCCCCCCC. The quantitative estimate of drug-likeness (QED) is 0.0261. The number of hydrogen-bond donors (Lipinski definition) is 0. The van der Waals surface area contributed by atoms with Crippen LogP contribution >= 0.6 is 0 Å². The van der Waals surface area contributed by atoms with Crippen molar-refractivity contribution in [3.8, 4) is 0 Å². The van der Waals surface area contributed by atoms with Crippen molar-refractivity contribution < 1.29 is 28.6 Å². The Bertz CT molecular complexity index is 1380. The number of ether oxygens (including phenoxy) is 3. The second kappa shape index (κ2) is 65.6. The van der Waals surface area contributed by atoms with E-state index in [-0.39, 0.29) is 31.1 Å². The Morgan fingerprint density at radius 1 is 0.273 bits per heavy atom. The third kappa shape index (κ3) is 63.8. The van der Waals surface area contributed by atoms with Gasteiger partial charge in [0, 0.05) is 19.3 Å². The molecule has 0 amide bonds. The van der Waals surface area contributed by atoms with E-state index in [0.717, 1.165) is 103 Å². The number of carbonyl (C=O) groups excluding carboxylic acids is 3. The summed E-state index contributed by atoms with van der Waals surface area (Å²) in [7, 11) is 0.